The van der Waals surface area contributed by atoms with Crippen molar-refractivity contribution in [3.8, 4) is 0 Å². The van der Waals surface area contributed by atoms with Gasteiger partial charge in [0.2, 0.25) is 5.52 Å². The van der Waals surface area contributed by atoms with Crippen molar-refractivity contribution in [2.45, 2.75) is 6.42 Å². The first-order valence-corrected chi connectivity index (χ1v) is 5.67. The van der Waals surface area contributed by atoms with Crippen molar-refractivity contribution >= 4 is 29.1 Å². The molecule has 18 heavy (non-hydrogen) atoms. The van der Waals surface area contributed by atoms with Gasteiger partial charge in [-0.3, -0.25) is 5.21 Å². The molecule has 1 aromatic carbocycles. The van der Waals surface area contributed by atoms with Gasteiger partial charge in [-0.15, -0.1) is 0 Å². The molecule has 96 valence electrons. The van der Waals surface area contributed by atoms with E-state index in [1.54, 1.807) is 6.07 Å². The number of rotatable bonds is 6. The lowest BCUT2D eigenvalue weighted by atomic mass is 10.2. The van der Waals surface area contributed by atoms with Gasteiger partial charge in [-0.25, -0.2) is 4.63 Å². The number of anilines is 1. The van der Waals surface area contributed by atoms with Gasteiger partial charge in [-0.05, 0) is 36.4 Å². The molecule has 0 aliphatic heterocycles. The van der Waals surface area contributed by atoms with E-state index in [4.69, 9.17) is 4.63 Å². The van der Waals surface area contributed by atoms with Crippen molar-refractivity contribution < 1.29 is 14.6 Å². The lowest BCUT2D eigenvalue weighted by molar-refractivity contribution is -0.705. The third-order valence-electron chi connectivity index (χ3n) is 2.59. The van der Waals surface area contributed by atoms with E-state index in [-0.39, 0.29) is 0 Å². The molecular weight excluding hydrogens is 234 g/mol. The van der Waals surface area contributed by atoms with E-state index in [9.17, 15) is 5.21 Å². The van der Waals surface area contributed by atoms with Crippen molar-refractivity contribution in [2.75, 3.05) is 25.5 Å². The highest BCUT2D eigenvalue weighted by Crippen LogP contribution is 2.28. The van der Waals surface area contributed by atoms with Gasteiger partial charge >= 0.3 is 0 Å². The van der Waals surface area contributed by atoms with Crippen LogP contribution in [0.4, 0.5) is 11.4 Å². The number of benzene rings is 1. The third-order valence-corrected chi connectivity index (χ3v) is 2.59. The lowest BCUT2D eigenvalue weighted by Gasteiger charge is -2.05. The van der Waals surface area contributed by atoms with Crippen LogP contribution < -0.4 is 10.6 Å². The van der Waals surface area contributed by atoms with Gasteiger partial charge in [-0.1, -0.05) is 0 Å². The fourth-order valence-electron chi connectivity index (χ4n) is 1.69. The van der Waals surface area contributed by atoms with Gasteiger partial charge in [0.05, 0.1) is 5.69 Å². The Balaban J connectivity index is 2.22. The van der Waals surface area contributed by atoms with Gasteiger partial charge in [-0.2, -0.15) is 0 Å². The number of hydrogen-bond acceptors (Lipinski definition) is 6. The van der Waals surface area contributed by atoms with Gasteiger partial charge < -0.3 is 10.6 Å². The molecule has 3 N–H and O–H groups in total. The van der Waals surface area contributed by atoms with Crippen LogP contribution in [0.2, 0.25) is 0 Å². The Labute approximate surface area is 104 Å². The molecule has 2 aromatic rings. The van der Waals surface area contributed by atoms with Gasteiger partial charge in [0.1, 0.15) is 0 Å². The molecule has 1 aromatic heterocycles. The zero-order valence-corrected chi connectivity index (χ0v) is 10.2. The number of hydrogen-bond donors (Lipinski definition) is 3. The maximum absolute atomic E-state index is 9.36. The number of aromatic nitrogens is 2. The van der Waals surface area contributed by atoms with Crippen LogP contribution in [-0.4, -0.2) is 47.1 Å². The van der Waals surface area contributed by atoms with E-state index in [1.807, 2.05) is 13.1 Å². The Hall–Kier alpha value is -2.15. The van der Waals surface area contributed by atoms with Crippen LogP contribution in [0.3, 0.4) is 0 Å². The molecule has 7 heteroatoms. The zero-order valence-electron chi connectivity index (χ0n) is 10.2. The zero-order chi connectivity index (χ0) is 13.0. The van der Waals surface area contributed by atoms with Crippen LogP contribution in [0.1, 0.15) is 6.42 Å². The average molecular weight is 250 g/mol. The lowest BCUT2D eigenvalue weighted by Crippen LogP contribution is -2.13. The number of nitrogens with zero attached hydrogens (tertiary/aromatic N) is 3. The van der Waals surface area contributed by atoms with E-state index >= 15 is 0 Å². The van der Waals surface area contributed by atoms with Gasteiger partial charge in [0.15, 0.2) is 12.2 Å². The Bertz CT molecular complexity index is 551. The van der Waals surface area contributed by atoms with Crippen molar-refractivity contribution in [2.24, 2.45) is 0 Å². The van der Waals surface area contributed by atoms with E-state index in [0.29, 0.717) is 16.7 Å². The minimum Gasteiger partial charge on any atom is -0.383 e. The first kappa shape index (κ1) is 12.3. The summed E-state index contributed by atoms with van der Waals surface area (Å²) in [6.07, 6.45) is 0.993. The monoisotopic (exact) mass is 250 g/mol. The molecule has 0 amide bonds. The van der Waals surface area contributed by atoms with E-state index in [1.165, 1.54) is 0 Å². The first-order valence-electron chi connectivity index (χ1n) is 5.67. The average Bonchev–Trinajstić information content (AvgIpc) is 2.83. The molecule has 0 aliphatic rings. The smallest absolute Gasteiger partial charge is 0.287 e. The van der Waals surface area contributed by atoms with Crippen LogP contribution in [0.5, 0.6) is 0 Å². The molecule has 2 rings (SSSR count). The summed E-state index contributed by atoms with van der Waals surface area (Å²) in [7, 11) is 1.92. The molecule has 0 bridgehead atoms. The molecule has 0 saturated carbocycles. The minimum absolute atomic E-state index is 0.451. The van der Waals surface area contributed by atoms with Crippen LogP contribution in [0.15, 0.2) is 16.8 Å². The summed E-state index contributed by atoms with van der Waals surface area (Å²) in [5.41, 5.74) is 2.34. The highest BCUT2D eigenvalue weighted by atomic mass is 16.6. The molecule has 0 radical (unpaired) electrons. The minimum atomic E-state index is 0.451. The molecule has 1 heterocycles. The van der Waals surface area contributed by atoms with E-state index < -0.39 is 0 Å². The second kappa shape index (κ2) is 5.46. The maximum Gasteiger partial charge on any atom is 0.287 e. The van der Waals surface area contributed by atoms with Crippen LogP contribution in [0, 0.1) is 0 Å². The number of fused-ring (bicyclic) bond motifs is 1. The van der Waals surface area contributed by atoms with Gasteiger partial charge in [0.25, 0.3) is 5.69 Å². The topological polar surface area (TPSA) is 86.2 Å². The van der Waals surface area contributed by atoms with E-state index in [2.05, 4.69) is 27.7 Å². The molecule has 0 fully saturated rings. The quantitative estimate of drug-likeness (QED) is 0.233. The maximum atomic E-state index is 9.36. The van der Waals surface area contributed by atoms with Crippen LogP contribution >= 0.6 is 0 Å². The summed E-state index contributed by atoms with van der Waals surface area (Å²) in [5, 5.41) is 23.3. The Morgan fingerprint density at radius 2 is 2.11 bits per heavy atom. The summed E-state index contributed by atoms with van der Waals surface area (Å²) in [6.45, 7) is 5.16. The normalized spacial score (nSPS) is 10.7. The molecule has 0 saturated heterocycles. The predicted molar refractivity (Wildman–Crippen MR) is 67.7 cm³/mol. The Morgan fingerprint density at radius 1 is 1.33 bits per heavy atom. The molecular formula is C11H16N5O2+. The van der Waals surface area contributed by atoms with Crippen molar-refractivity contribution in [1.29, 1.82) is 0 Å². The second-order valence-corrected chi connectivity index (χ2v) is 3.88. The fourth-order valence-corrected chi connectivity index (χ4v) is 1.69. The summed E-state index contributed by atoms with van der Waals surface area (Å²) in [4.78, 5) is 0. The predicted octanol–water partition coefficient (Wildman–Crippen LogP) is 0.978. The first-order chi connectivity index (χ1) is 8.74. The summed E-state index contributed by atoms with van der Waals surface area (Å²) < 4.78 is 5.45. The number of nitrogens with one attached hydrogen (secondary N) is 2. The highest BCUT2D eigenvalue weighted by Gasteiger charge is 2.18. The summed E-state index contributed by atoms with van der Waals surface area (Å²) in [6, 6.07) is 3.52. The van der Waals surface area contributed by atoms with E-state index in [0.717, 1.165) is 29.9 Å². The van der Waals surface area contributed by atoms with Crippen molar-refractivity contribution in [3.05, 3.63) is 12.1 Å². The molecule has 0 unspecified atom stereocenters. The summed E-state index contributed by atoms with van der Waals surface area (Å²) >= 11 is 0. The van der Waals surface area contributed by atoms with Crippen molar-refractivity contribution in [3.63, 3.8) is 0 Å². The Morgan fingerprint density at radius 3 is 2.83 bits per heavy atom. The Kier molecular flexibility index (Phi) is 3.73. The fraction of sp³-hybridized carbons (Fsp3) is 0.364. The van der Waals surface area contributed by atoms with Crippen LogP contribution in [0.25, 0.3) is 11.0 Å². The largest absolute Gasteiger partial charge is 0.383 e. The van der Waals surface area contributed by atoms with Crippen molar-refractivity contribution in [1.82, 2.24) is 15.6 Å². The summed E-state index contributed by atoms with van der Waals surface area (Å²) in [5.74, 6) is 0. The molecule has 7 nitrogen and oxygen atoms in total. The molecule has 0 aliphatic carbocycles. The highest BCUT2D eigenvalue weighted by molar-refractivity contribution is 5.93. The van der Waals surface area contributed by atoms with Gasteiger partial charge in [0, 0.05) is 17.3 Å². The standard InChI is InChI=1S/C11H16N5O2/c1-12-6-3-7-13-8-4-5-9(16(2)17)11-10(8)14-18-15-11/h4-5,12-13,17H,2-3,6-7H2,1H3/q+1. The second-order valence-electron chi connectivity index (χ2n) is 3.88. The molecule has 0 atom stereocenters. The molecule has 0 spiro atoms. The van der Waals surface area contributed by atoms with Crippen LogP contribution in [-0.2, 0) is 0 Å². The SMILES string of the molecule is C=[N+](O)c1ccc(NCCCNC)c2nonc12. The third kappa shape index (κ3) is 2.40.